The summed E-state index contributed by atoms with van der Waals surface area (Å²) >= 11 is 0. The van der Waals surface area contributed by atoms with Gasteiger partial charge in [0, 0.05) is 23.6 Å². The maximum atomic E-state index is 14.3. The second-order valence-electron chi connectivity index (χ2n) is 12.6. The van der Waals surface area contributed by atoms with Crippen molar-refractivity contribution in [3.63, 3.8) is 0 Å². The number of likely N-dealkylation sites (tertiary alicyclic amines) is 1. The monoisotopic (exact) mass is 664 g/mol. The van der Waals surface area contributed by atoms with Gasteiger partial charge in [-0.2, -0.15) is 0 Å². The molecule has 5 atom stereocenters. The Balaban J connectivity index is 1.54. The molecule has 15 heteroatoms. The summed E-state index contributed by atoms with van der Waals surface area (Å²) in [4.78, 5) is 68.4. The lowest BCUT2D eigenvalue weighted by atomic mass is 9.84. The van der Waals surface area contributed by atoms with Crippen molar-refractivity contribution in [2.45, 2.75) is 94.5 Å². The Morgan fingerprint density at radius 3 is 2.44 bits per heavy atom. The number of carbonyl (C=O) groups excluding carboxylic acids is 4. The average molecular weight is 665 g/mol. The minimum atomic E-state index is -1.74. The molecule has 1 saturated heterocycles. The summed E-state index contributed by atoms with van der Waals surface area (Å²) in [6, 6.07) is 9.02. The Hall–Kier alpha value is -4.88. The number of aliphatic hydroxyl groups excluding tert-OH is 1. The van der Waals surface area contributed by atoms with Gasteiger partial charge in [-0.05, 0) is 66.5 Å². The topological polar surface area (TPSA) is 240 Å². The molecule has 7 N–H and O–H groups in total. The van der Waals surface area contributed by atoms with Crippen molar-refractivity contribution >= 4 is 40.5 Å². The second kappa shape index (κ2) is 17.3. The van der Waals surface area contributed by atoms with E-state index < -0.39 is 60.0 Å². The number of carbonyl (C=O) groups is 5. The highest BCUT2D eigenvalue weighted by molar-refractivity contribution is 6.01. The van der Waals surface area contributed by atoms with Crippen LogP contribution >= 0.6 is 0 Å². The molecule has 2 aliphatic rings. The molecule has 258 valence electrons. The lowest BCUT2D eigenvalue weighted by Crippen LogP contribution is -2.57. The highest BCUT2D eigenvalue weighted by atomic mass is 16.4. The largest absolute Gasteiger partial charge is 0.465 e. The molecule has 1 aliphatic carbocycles. The van der Waals surface area contributed by atoms with Crippen LogP contribution in [0, 0.1) is 5.92 Å². The van der Waals surface area contributed by atoms with E-state index in [1.807, 2.05) is 30.3 Å². The number of nitrogens with zero attached hydrogens (tertiary/aromatic N) is 4. The summed E-state index contributed by atoms with van der Waals surface area (Å²) in [6.07, 6.45) is 3.24. The van der Waals surface area contributed by atoms with Gasteiger partial charge in [0.2, 0.25) is 17.7 Å². The summed E-state index contributed by atoms with van der Waals surface area (Å²) in [7, 11) is 0. The first kappa shape index (κ1) is 36.0. The molecular formula is C33H44N8O7. The van der Waals surface area contributed by atoms with Gasteiger partial charge in [-0.15, -0.1) is 0 Å². The Labute approximate surface area is 278 Å². The molecule has 1 saturated carbocycles. The van der Waals surface area contributed by atoms with E-state index in [1.165, 1.54) is 4.90 Å². The van der Waals surface area contributed by atoms with E-state index in [4.69, 9.17) is 16.4 Å². The number of fused-ring (bicyclic) bond motifs is 1. The van der Waals surface area contributed by atoms with Crippen LogP contribution in [-0.4, -0.2) is 88.2 Å². The van der Waals surface area contributed by atoms with E-state index in [0.717, 1.165) is 42.9 Å². The summed E-state index contributed by atoms with van der Waals surface area (Å²) in [5.41, 5.74) is 14.9. The fourth-order valence-electron chi connectivity index (χ4n) is 6.68. The molecule has 15 nitrogen and oxygen atoms in total. The number of carboxylic acid groups (broad SMARTS) is 1. The van der Waals surface area contributed by atoms with Gasteiger partial charge in [0.1, 0.15) is 12.1 Å². The summed E-state index contributed by atoms with van der Waals surface area (Å²) in [6.45, 7) is 0.0760. The highest BCUT2D eigenvalue weighted by Crippen LogP contribution is 2.30. The third kappa shape index (κ3) is 9.81. The van der Waals surface area contributed by atoms with Crippen molar-refractivity contribution in [2.24, 2.45) is 16.8 Å². The average Bonchev–Trinajstić information content (AvgIpc) is 3.50. The van der Waals surface area contributed by atoms with Crippen LogP contribution in [0.15, 0.2) is 47.6 Å². The molecule has 0 bridgehead atoms. The standard InChI is InChI=1S/C33H44N8O7/c34-29(43)28(42)25(12-6-7-15-36-33(47)48)37-31(45)27-18-24(39-40-35)19-41(27)32(46)26(16-20-8-2-1-3-9-20)38-30(44)23-14-13-21-10-4-5-11-22(21)17-23/h4-5,10-11,13-14,17,20,24-28,36,42H,1-3,6-9,12,15-16,18-19H2,(H2,34,43)(H,37,45)(H,38,44)(H,47,48)/t24-,25?,26+,27-,28?/m0/s1. The van der Waals surface area contributed by atoms with Crippen molar-refractivity contribution in [3.8, 4) is 0 Å². The first-order valence-electron chi connectivity index (χ1n) is 16.5. The smallest absolute Gasteiger partial charge is 0.404 e. The van der Waals surface area contributed by atoms with E-state index in [2.05, 4.69) is 26.0 Å². The van der Waals surface area contributed by atoms with E-state index in [1.54, 1.807) is 12.1 Å². The molecule has 1 aliphatic heterocycles. The van der Waals surface area contributed by atoms with Gasteiger partial charge in [0.25, 0.3) is 5.91 Å². The predicted octanol–water partition coefficient (Wildman–Crippen LogP) is 2.96. The SMILES string of the molecule is [N-]=[N+]=N[C@H]1C[C@@H](C(=O)NC(CCCCNC(=O)O)C(O)C(N)=O)N(C(=O)[C@@H](CC2CCCCC2)NC(=O)c2ccc3ccccc3c2)C1. The number of nitrogens with two attached hydrogens (primary N) is 1. The van der Waals surface area contributed by atoms with E-state index in [0.29, 0.717) is 24.8 Å². The van der Waals surface area contributed by atoms with Crippen molar-refractivity contribution in [1.82, 2.24) is 20.9 Å². The van der Waals surface area contributed by atoms with Gasteiger partial charge in [0.15, 0.2) is 6.10 Å². The number of rotatable bonds is 15. The Morgan fingerprint density at radius 2 is 1.75 bits per heavy atom. The van der Waals surface area contributed by atoms with Crippen LogP contribution < -0.4 is 21.7 Å². The lowest BCUT2D eigenvalue weighted by molar-refractivity contribution is -0.141. The van der Waals surface area contributed by atoms with E-state index in [-0.39, 0.29) is 31.8 Å². The number of azide groups is 1. The maximum Gasteiger partial charge on any atom is 0.404 e. The lowest BCUT2D eigenvalue weighted by Gasteiger charge is -2.32. The summed E-state index contributed by atoms with van der Waals surface area (Å²) in [5.74, 6) is -2.46. The zero-order chi connectivity index (χ0) is 34.6. The Bertz CT molecular complexity index is 1520. The summed E-state index contributed by atoms with van der Waals surface area (Å²) in [5, 5.41) is 32.7. The van der Waals surface area contributed by atoms with Crippen LogP contribution in [0.5, 0.6) is 0 Å². The predicted molar refractivity (Wildman–Crippen MR) is 176 cm³/mol. The van der Waals surface area contributed by atoms with Crippen molar-refractivity contribution in [3.05, 3.63) is 58.5 Å². The Morgan fingerprint density at radius 1 is 1.02 bits per heavy atom. The van der Waals surface area contributed by atoms with E-state index in [9.17, 15) is 29.1 Å². The van der Waals surface area contributed by atoms with Crippen molar-refractivity contribution in [2.75, 3.05) is 13.1 Å². The van der Waals surface area contributed by atoms with Crippen LogP contribution in [0.25, 0.3) is 21.2 Å². The molecule has 2 aromatic carbocycles. The molecule has 0 spiro atoms. The van der Waals surface area contributed by atoms with Crippen LogP contribution in [0.2, 0.25) is 0 Å². The van der Waals surface area contributed by atoms with Crippen molar-refractivity contribution in [1.29, 1.82) is 0 Å². The number of amides is 5. The number of nitrogens with one attached hydrogen (secondary N) is 3. The summed E-state index contributed by atoms with van der Waals surface area (Å²) < 4.78 is 0. The van der Waals surface area contributed by atoms with Gasteiger partial charge in [-0.1, -0.05) is 67.6 Å². The molecule has 0 radical (unpaired) electrons. The zero-order valence-corrected chi connectivity index (χ0v) is 26.8. The van der Waals surface area contributed by atoms with Gasteiger partial charge < -0.3 is 36.8 Å². The quantitative estimate of drug-likeness (QED) is 0.0719. The number of hydrogen-bond donors (Lipinski definition) is 6. The molecular weight excluding hydrogens is 620 g/mol. The minimum absolute atomic E-state index is 0.00167. The van der Waals surface area contributed by atoms with Gasteiger partial charge in [-0.25, -0.2) is 4.79 Å². The fraction of sp³-hybridized carbons (Fsp3) is 0.545. The van der Waals surface area contributed by atoms with Gasteiger partial charge in [0.05, 0.1) is 12.1 Å². The molecule has 48 heavy (non-hydrogen) atoms. The number of unbranched alkanes of at least 4 members (excludes halogenated alkanes) is 1. The highest BCUT2D eigenvalue weighted by Gasteiger charge is 2.43. The van der Waals surface area contributed by atoms with Gasteiger partial charge in [-0.3, -0.25) is 19.2 Å². The van der Waals surface area contributed by atoms with E-state index >= 15 is 0 Å². The fourth-order valence-corrected chi connectivity index (χ4v) is 6.68. The van der Waals surface area contributed by atoms with Crippen molar-refractivity contribution < 1.29 is 34.2 Å². The molecule has 4 rings (SSSR count). The Kier molecular flexibility index (Phi) is 13.0. The van der Waals surface area contributed by atoms with Crippen LogP contribution in [0.1, 0.15) is 74.6 Å². The molecule has 5 amide bonds. The second-order valence-corrected chi connectivity index (χ2v) is 12.6. The number of aliphatic hydroxyl groups is 1. The van der Waals surface area contributed by atoms with Crippen LogP contribution in [0.4, 0.5) is 4.79 Å². The minimum Gasteiger partial charge on any atom is -0.465 e. The number of benzene rings is 2. The van der Waals surface area contributed by atoms with Crippen LogP contribution in [0.3, 0.4) is 0 Å². The zero-order valence-electron chi connectivity index (χ0n) is 26.8. The molecule has 0 aromatic heterocycles. The third-order valence-corrected chi connectivity index (χ3v) is 9.21. The normalized spacial score (nSPS) is 19.8. The molecule has 2 unspecified atom stereocenters. The number of hydrogen-bond acceptors (Lipinski definition) is 7. The first-order valence-corrected chi connectivity index (χ1v) is 16.5. The third-order valence-electron chi connectivity index (χ3n) is 9.21. The first-order chi connectivity index (χ1) is 23.1. The van der Waals surface area contributed by atoms with Gasteiger partial charge >= 0.3 is 6.09 Å². The molecule has 1 heterocycles. The van der Waals surface area contributed by atoms with Crippen LogP contribution in [-0.2, 0) is 14.4 Å². The molecule has 2 aromatic rings. The molecule has 2 fully saturated rings. The maximum absolute atomic E-state index is 14.3. The number of primary amides is 1.